The zero-order chi connectivity index (χ0) is 35.8. The van der Waals surface area contributed by atoms with Gasteiger partial charge in [0.15, 0.2) is 5.82 Å². The van der Waals surface area contributed by atoms with E-state index >= 15 is 0 Å². The zero-order valence-electron chi connectivity index (χ0n) is 29.5. The Bertz CT molecular complexity index is 2950. The topological polar surface area (TPSA) is 25.8 Å². The van der Waals surface area contributed by atoms with Crippen LogP contribution in [0.25, 0.3) is 99.6 Å². The molecule has 2 nitrogen and oxygen atoms in total. The lowest BCUT2D eigenvalue weighted by atomic mass is 9.90. The van der Waals surface area contributed by atoms with Gasteiger partial charge in [0, 0.05) is 16.7 Å². The van der Waals surface area contributed by atoms with Gasteiger partial charge in [0.1, 0.15) is 0 Å². The van der Waals surface area contributed by atoms with E-state index in [4.69, 9.17) is 9.97 Å². The Morgan fingerprint density at radius 2 is 0.796 bits per heavy atom. The molecule has 9 aromatic carbocycles. The van der Waals surface area contributed by atoms with Crippen molar-refractivity contribution in [3.8, 4) is 67.3 Å². The summed E-state index contributed by atoms with van der Waals surface area (Å²) in [4.78, 5) is 10.8. The summed E-state index contributed by atoms with van der Waals surface area (Å²) in [6, 6.07) is 73.4. The first-order chi connectivity index (χ1) is 26.8. The molecule has 0 fully saturated rings. The molecule has 0 aliphatic rings. The lowest BCUT2D eigenvalue weighted by molar-refractivity contribution is 1.19. The van der Waals surface area contributed by atoms with E-state index in [1.165, 1.54) is 38.1 Å². The number of hydrogen-bond acceptors (Lipinski definition) is 2. The molecule has 0 radical (unpaired) electrons. The Kier molecular flexibility index (Phi) is 7.85. The minimum absolute atomic E-state index is 0.690. The molecule has 2 heteroatoms. The molecule has 0 atom stereocenters. The van der Waals surface area contributed by atoms with Gasteiger partial charge in [-0.05, 0) is 83.9 Å². The quantitative estimate of drug-likeness (QED) is 0.129. The molecule has 0 saturated heterocycles. The Labute approximate surface area is 314 Å². The summed E-state index contributed by atoms with van der Waals surface area (Å²) in [5.41, 5.74) is 11.9. The van der Waals surface area contributed by atoms with Gasteiger partial charge >= 0.3 is 0 Å². The lowest BCUT2D eigenvalue weighted by Gasteiger charge is -2.17. The molecule has 10 rings (SSSR count). The number of nitrogens with zero attached hydrogens (tertiary/aromatic N) is 2. The summed E-state index contributed by atoms with van der Waals surface area (Å²) in [6.07, 6.45) is 0. The number of hydrogen-bond donors (Lipinski definition) is 0. The van der Waals surface area contributed by atoms with Crippen LogP contribution < -0.4 is 0 Å². The zero-order valence-corrected chi connectivity index (χ0v) is 29.5. The fourth-order valence-corrected chi connectivity index (χ4v) is 7.82. The molecule has 1 aromatic heterocycles. The highest BCUT2D eigenvalue weighted by molar-refractivity contribution is 6.19. The first-order valence-corrected chi connectivity index (χ1v) is 18.4. The Hall–Kier alpha value is -7.16. The molecule has 0 bridgehead atoms. The largest absolute Gasteiger partial charge is 0.228 e. The van der Waals surface area contributed by atoms with Gasteiger partial charge in [-0.1, -0.05) is 188 Å². The van der Waals surface area contributed by atoms with E-state index in [1.807, 2.05) is 0 Å². The molecule has 0 aliphatic heterocycles. The van der Waals surface area contributed by atoms with E-state index in [9.17, 15) is 0 Å². The molecule has 0 saturated carbocycles. The number of fused-ring (bicyclic) bond motifs is 4. The molecule has 0 amide bonds. The number of benzene rings is 9. The first-order valence-electron chi connectivity index (χ1n) is 18.4. The maximum absolute atomic E-state index is 5.44. The Morgan fingerprint density at radius 3 is 1.52 bits per heavy atom. The third-order valence-corrected chi connectivity index (χ3v) is 10.5. The van der Waals surface area contributed by atoms with Crippen LogP contribution in [0.3, 0.4) is 0 Å². The van der Waals surface area contributed by atoms with Crippen LogP contribution in [0.5, 0.6) is 0 Å². The summed E-state index contributed by atoms with van der Waals surface area (Å²) in [7, 11) is 0. The number of aromatic nitrogens is 2. The van der Waals surface area contributed by atoms with Gasteiger partial charge in [-0.25, -0.2) is 9.97 Å². The minimum Gasteiger partial charge on any atom is -0.228 e. The lowest BCUT2D eigenvalue weighted by Crippen LogP contribution is -1.98. The van der Waals surface area contributed by atoms with Gasteiger partial charge in [-0.2, -0.15) is 0 Å². The van der Waals surface area contributed by atoms with Gasteiger partial charge in [0.25, 0.3) is 0 Å². The molecular formula is C52H34N2. The SMILES string of the molecule is c1ccc(-c2ccc(-c3nc(-c4ccc(-c5ccccc5)cc4-c4ccccc4)cc(-c4c5ccccc5cc5c4ccc4ccccc45)n3)cc2)cc1. The maximum atomic E-state index is 5.44. The normalized spacial score (nSPS) is 11.3. The van der Waals surface area contributed by atoms with Crippen LogP contribution >= 0.6 is 0 Å². The van der Waals surface area contributed by atoms with E-state index in [0.717, 1.165) is 55.7 Å². The van der Waals surface area contributed by atoms with Crippen molar-refractivity contribution in [1.82, 2.24) is 9.97 Å². The summed E-state index contributed by atoms with van der Waals surface area (Å²) >= 11 is 0. The second kappa shape index (κ2) is 13.4. The molecular weight excluding hydrogens is 653 g/mol. The standard InChI is InChI=1S/C52H34N2/c1-4-14-35(15-5-1)37-24-26-40(27-25-37)52-53-49(45-30-29-41(36-16-6-2-7-17-36)32-47(45)38-18-8-3-9-19-38)34-50(54-52)51-44-23-13-11-21-42(44)33-48-43-22-12-10-20-39(43)28-31-46(48)51/h1-34H. The number of rotatable bonds is 6. The van der Waals surface area contributed by atoms with Crippen molar-refractivity contribution in [3.63, 3.8) is 0 Å². The van der Waals surface area contributed by atoms with Crippen LogP contribution in [-0.4, -0.2) is 9.97 Å². The van der Waals surface area contributed by atoms with Gasteiger partial charge < -0.3 is 0 Å². The van der Waals surface area contributed by atoms with Crippen molar-refractivity contribution in [3.05, 3.63) is 206 Å². The van der Waals surface area contributed by atoms with Crippen LogP contribution in [-0.2, 0) is 0 Å². The van der Waals surface area contributed by atoms with Crippen molar-refractivity contribution < 1.29 is 0 Å². The molecule has 0 spiro atoms. The summed E-state index contributed by atoms with van der Waals surface area (Å²) in [5.74, 6) is 0.690. The van der Waals surface area contributed by atoms with Crippen LogP contribution in [0.1, 0.15) is 0 Å². The maximum Gasteiger partial charge on any atom is 0.160 e. The minimum atomic E-state index is 0.690. The van der Waals surface area contributed by atoms with E-state index in [1.54, 1.807) is 0 Å². The van der Waals surface area contributed by atoms with E-state index in [0.29, 0.717) is 5.82 Å². The highest BCUT2D eigenvalue weighted by Crippen LogP contribution is 2.42. The fraction of sp³-hybridized carbons (Fsp3) is 0. The Morgan fingerprint density at radius 1 is 0.259 bits per heavy atom. The molecule has 54 heavy (non-hydrogen) atoms. The fourth-order valence-electron chi connectivity index (χ4n) is 7.82. The van der Waals surface area contributed by atoms with Gasteiger partial charge in [0.05, 0.1) is 11.4 Å². The van der Waals surface area contributed by atoms with Crippen LogP contribution in [0.2, 0.25) is 0 Å². The highest BCUT2D eigenvalue weighted by atomic mass is 14.9. The third-order valence-electron chi connectivity index (χ3n) is 10.5. The van der Waals surface area contributed by atoms with E-state index < -0.39 is 0 Å². The Balaban J connectivity index is 1.25. The van der Waals surface area contributed by atoms with Crippen molar-refractivity contribution in [2.45, 2.75) is 0 Å². The first kappa shape index (κ1) is 31.6. The van der Waals surface area contributed by atoms with Crippen molar-refractivity contribution in [2.24, 2.45) is 0 Å². The monoisotopic (exact) mass is 686 g/mol. The predicted molar refractivity (Wildman–Crippen MR) is 227 cm³/mol. The van der Waals surface area contributed by atoms with Gasteiger partial charge in [0.2, 0.25) is 0 Å². The molecule has 10 aromatic rings. The van der Waals surface area contributed by atoms with E-state index in [2.05, 4.69) is 206 Å². The van der Waals surface area contributed by atoms with Crippen molar-refractivity contribution in [2.75, 3.05) is 0 Å². The average Bonchev–Trinajstić information content (AvgIpc) is 3.26. The van der Waals surface area contributed by atoms with Crippen LogP contribution in [0.4, 0.5) is 0 Å². The summed E-state index contributed by atoms with van der Waals surface area (Å²) < 4.78 is 0. The van der Waals surface area contributed by atoms with Crippen molar-refractivity contribution >= 4 is 32.3 Å². The average molecular weight is 687 g/mol. The summed E-state index contributed by atoms with van der Waals surface area (Å²) in [5, 5.41) is 7.19. The smallest absolute Gasteiger partial charge is 0.160 e. The highest BCUT2D eigenvalue weighted by Gasteiger charge is 2.19. The molecule has 0 aliphatic carbocycles. The molecule has 0 unspecified atom stereocenters. The van der Waals surface area contributed by atoms with Gasteiger partial charge in [-0.15, -0.1) is 0 Å². The van der Waals surface area contributed by atoms with Crippen LogP contribution in [0, 0.1) is 0 Å². The summed E-state index contributed by atoms with van der Waals surface area (Å²) in [6.45, 7) is 0. The van der Waals surface area contributed by atoms with Crippen LogP contribution in [0.15, 0.2) is 206 Å². The molecule has 252 valence electrons. The third kappa shape index (κ3) is 5.71. The molecule has 0 N–H and O–H groups in total. The van der Waals surface area contributed by atoms with E-state index in [-0.39, 0.29) is 0 Å². The van der Waals surface area contributed by atoms with Gasteiger partial charge in [-0.3, -0.25) is 0 Å². The molecule has 1 heterocycles. The second-order valence-electron chi connectivity index (χ2n) is 13.8. The second-order valence-corrected chi connectivity index (χ2v) is 13.8. The predicted octanol–water partition coefficient (Wildman–Crippen LogP) is 13.9. The van der Waals surface area contributed by atoms with Crippen molar-refractivity contribution in [1.29, 1.82) is 0 Å².